The van der Waals surface area contributed by atoms with Crippen LogP contribution in [0, 0.1) is 5.92 Å². The zero-order valence-corrected chi connectivity index (χ0v) is 11.9. The van der Waals surface area contributed by atoms with Gasteiger partial charge < -0.3 is 14.6 Å². The molecule has 102 valence electrons. The molecule has 1 atom stereocenters. The quantitative estimate of drug-likeness (QED) is 0.870. The van der Waals surface area contributed by atoms with Crippen LogP contribution in [-0.2, 0) is 0 Å². The van der Waals surface area contributed by atoms with E-state index >= 15 is 0 Å². The maximum absolute atomic E-state index is 5.44. The topological polar surface area (TPSA) is 28.4 Å². The summed E-state index contributed by atoms with van der Waals surface area (Å²) in [4.78, 5) is 2.58. The Morgan fingerprint density at radius 2 is 2.06 bits per heavy atom. The summed E-state index contributed by atoms with van der Waals surface area (Å²) in [5.41, 5.74) is 0. The van der Waals surface area contributed by atoms with E-state index in [2.05, 4.69) is 31.0 Å². The van der Waals surface area contributed by atoms with E-state index in [0.29, 0.717) is 12.1 Å². The van der Waals surface area contributed by atoms with Gasteiger partial charge in [0.25, 0.3) is 0 Å². The van der Waals surface area contributed by atoms with Gasteiger partial charge in [-0.15, -0.1) is 0 Å². The number of piperidine rings is 1. The second kappa shape index (κ2) is 6.39. The Morgan fingerprint density at radius 1 is 1.33 bits per heavy atom. The summed E-state index contributed by atoms with van der Waals surface area (Å²) in [7, 11) is 0. The molecule has 1 N–H and O–H groups in total. The molecule has 1 saturated heterocycles. The van der Waals surface area contributed by atoms with Gasteiger partial charge in [0.2, 0.25) is 0 Å². The van der Waals surface area contributed by atoms with Gasteiger partial charge in [-0.1, -0.05) is 13.8 Å². The number of likely N-dealkylation sites (tertiary alicyclic amines) is 1. The molecule has 1 aromatic heterocycles. The average Bonchev–Trinajstić information content (AvgIpc) is 2.84. The molecule has 1 aromatic rings. The summed E-state index contributed by atoms with van der Waals surface area (Å²) in [6.07, 6.45) is 4.24. The van der Waals surface area contributed by atoms with Crippen molar-refractivity contribution in [2.24, 2.45) is 5.92 Å². The molecule has 0 bridgehead atoms. The number of rotatable bonds is 5. The van der Waals surface area contributed by atoms with Crippen molar-refractivity contribution >= 4 is 0 Å². The molecule has 2 rings (SSSR count). The summed E-state index contributed by atoms with van der Waals surface area (Å²) in [5.74, 6) is 1.82. The molecule has 0 saturated carbocycles. The number of hydrogen-bond acceptors (Lipinski definition) is 3. The van der Waals surface area contributed by atoms with Gasteiger partial charge in [-0.3, -0.25) is 0 Å². The molecule has 0 aliphatic carbocycles. The molecule has 0 aromatic carbocycles. The fourth-order valence-corrected chi connectivity index (χ4v) is 2.77. The molecule has 0 spiro atoms. The molecule has 0 amide bonds. The van der Waals surface area contributed by atoms with Crippen LogP contribution in [0.2, 0.25) is 0 Å². The predicted octanol–water partition coefficient (Wildman–Crippen LogP) is 3.05. The van der Waals surface area contributed by atoms with E-state index in [4.69, 9.17) is 4.42 Å². The lowest BCUT2D eigenvalue weighted by atomic mass is 10.0. The normalized spacial score (nSPS) is 20.4. The fourth-order valence-electron chi connectivity index (χ4n) is 2.77. The Labute approximate surface area is 111 Å². The molecule has 1 fully saturated rings. The van der Waals surface area contributed by atoms with Crippen LogP contribution < -0.4 is 5.32 Å². The molecule has 1 aliphatic rings. The highest BCUT2D eigenvalue weighted by atomic mass is 16.3. The van der Waals surface area contributed by atoms with E-state index in [-0.39, 0.29) is 0 Å². The Bertz CT molecular complexity index is 326. The molecular weight excluding hydrogens is 224 g/mol. The van der Waals surface area contributed by atoms with Gasteiger partial charge >= 0.3 is 0 Å². The molecule has 1 unspecified atom stereocenters. The third-order valence-electron chi connectivity index (χ3n) is 3.67. The van der Waals surface area contributed by atoms with Crippen molar-refractivity contribution in [3.8, 4) is 0 Å². The average molecular weight is 250 g/mol. The summed E-state index contributed by atoms with van der Waals surface area (Å²) >= 11 is 0. The zero-order valence-electron chi connectivity index (χ0n) is 11.9. The van der Waals surface area contributed by atoms with Gasteiger partial charge in [-0.05, 0) is 50.9 Å². The van der Waals surface area contributed by atoms with Gasteiger partial charge in [0.05, 0.1) is 12.3 Å². The number of nitrogens with zero attached hydrogens (tertiary/aromatic N) is 1. The number of nitrogens with one attached hydrogen (secondary N) is 1. The fraction of sp³-hybridized carbons (Fsp3) is 0.733. The van der Waals surface area contributed by atoms with Crippen LogP contribution in [0.3, 0.4) is 0 Å². The Balaban J connectivity index is 1.73. The van der Waals surface area contributed by atoms with E-state index in [0.717, 1.165) is 11.7 Å². The molecule has 3 heteroatoms. The Kier molecular flexibility index (Phi) is 4.84. The lowest BCUT2D eigenvalue weighted by molar-refractivity contribution is 0.173. The smallest absolute Gasteiger partial charge is 0.120 e. The first-order chi connectivity index (χ1) is 8.65. The predicted molar refractivity (Wildman–Crippen MR) is 74.6 cm³/mol. The summed E-state index contributed by atoms with van der Waals surface area (Å²) in [5, 5.41) is 3.67. The molecule has 2 heterocycles. The van der Waals surface area contributed by atoms with Crippen LogP contribution in [0.15, 0.2) is 22.8 Å². The Hall–Kier alpha value is -0.800. The zero-order chi connectivity index (χ0) is 13.0. The van der Waals surface area contributed by atoms with Gasteiger partial charge in [0, 0.05) is 12.6 Å². The van der Waals surface area contributed by atoms with Crippen molar-refractivity contribution in [2.45, 2.75) is 45.7 Å². The first-order valence-corrected chi connectivity index (χ1v) is 7.17. The third-order valence-corrected chi connectivity index (χ3v) is 3.67. The molecule has 1 aliphatic heterocycles. The van der Waals surface area contributed by atoms with Crippen LogP contribution in [-0.4, -0.2) is 30.6 Å². The van der Waals surface area contributed by atoms with E-state index in [9.17, 15) is 0 Å². The standard InChI is InChI=1S/C15H26N2O/c1-12(2)11-17-8-6-14(7-9-17)16-13(3)15-5-4-10-18-15/h4-5,10,12-14,16H,6-9,11H2,1-3H3. The SMILES string of the molecule is CC(C)CN1CCC(NC(C)c2ccco2)CC1. The largest absolute Gasteiger partial charge is 0.468 e. The first kappa shape index (κ1) is 13.6. The lowest BCUT2D eigenvalue weighted by Gasteiger charge is -2.34. The second-order valence-corrected chi connectivity index (χ2v) is 5.87. The van der Waals surface area contributed by atoms with Crippen LogP contribution in [0.4, 0.5) is 0 Å². The van der Waals surface area contributed by atoms with Crippen molar-refractivity contribution in [1.29, 1.82) is 0 Å². The van der Waals surface area contributed by atoms with Crippen molar-refractivity contribution < 1.29 is 4.42 Å². The number of hydrogen-bond donors (Lipinski definition) is 1. The van der Waals surface area contributed by atoms with Crippen LogP contribution in [0.1, 0.15) is 45.4 Å². The highest BCUT2D eigenvalue weighted by Crippen LogP contribution is 2.18. The third kappa shape index (κ3) is 3.85. The minimum absolute atomic E-state index is 0.321. The van der Waals surface area contributed by atoms with Gasteiger partial charge in [0.1, 0.15) is 5.76 Å². The minimum atomic E-state index is 0.321. The second-order valence-electron chi connectivity index (χ2n) is 5.87. The Morgan fingerprint density at radius 3 is 2.61 bits per heavy atom. The van der Waals surface area contributed by atoms with Crippen molar-refractivity contribution in [2.75, 3.05) is 19.6 Å². The molecular formula is C15H26N2O. The van der Waals surface area contributed by atoms with E-state index in [1.165, 1.54) is 32.5 Å². The van der Waals surface area contributed by atoms with Crippen molar-refractivity contribution in [3.63, 3.8) is 0 Å². The number of furan rings is 1. The molecule has 18 heavy (non-hydrogen) atoms. The van der Waals surface area contributed by atoms with Gasteiger partial charge in [-0.2, -0.15) is 0 Å². The van der Waals surface area contributed by atoms with Gasteiger partial charge in [0.15, 0.2) is 0 Å². The van der Waals surface area contributed by atoms with Crippen LogP contribution in [0.5, 0.6) is 0 Å². The van der Waals surface area contributed by atoms with E-state index in [1.807, 2.05) is 12.1 Å². The maximum Gasteiger partial charge on any atom is 0.120 e. The lowest BCUT2D eigenvalue weighted by Crippen LogP contribution is -2.44. The van der Waals surface area contributed by atoms with Crippen molar-refractivity contribution in [3.05, 3.63) is 24.2 Å². The minimum Gasteiger partial charge on any atom is -0.468 e. The highest BCUT2D eigenvalue weighted by Gasteiger charge is 2.21. The summed E-state index contributed by atoms with van der Waals surface area (Å²) in [6.45, 7) is 10.5. The van der Waals surface area contributed by atoms with Gasteiger partial charge in [-0.25, -0.2) is 0 Å². The highest BCUT2D eigenvalue weighted by molar-refractivity contribution is 5.03. The van der Waals surface area contributed by atoms with E-state index < -0.39 is 0 Å². The maximum atomic E-state index is 5.44. The molecule has 3 nitrogen and oxygen atoms in total. The van der Waals surface area contributed by atoms with Crippen molar-refractivity contribution in [1.82, 2.24) is 10.2 Å². The van der Waals surface area contributed by atoms with Crippen LogP contribution in [0.25, 0.3) is 0 Å². The summed E-state index contributed by atoms with van der Waals surface area (Å²) < 4.78 is 5.44. The van der Waals surface area contributed by atoms with Crippen LogP contribution >= 0.6 is 0 Å². The first-order valence-electron chi connectivity index (χ1n) is 7.17. The monoisotopic (exact) mass is 250 g/mol. The van der Waals surface area contributed by atoms with E-state index in [1.54, 1.807) is 6.26 Å². The molecule has 0 radical (unpaired) electrons. The summed E-state index contributed by atoms with van der Waals surface area (Å²) in [6, 6.07) is 4.96.